The van der Waals surface area contributed by atoms with Crippen LogP contribution in [0.15, 0.2) is 12.1 Å². The molecule has 1 nitrogen and oxygen atoms in total. The lowest BCUT2D eigenvalue weighted by atomic mass is 10.2. The summed E-state index contributed by atoms with van der Waals surface area (Å²) in [6, 6.07) is 5.51. The number of nitrogens with one attached hydrogen (secondary N) is 1. The summed E-state index contributed by atoms with van der Waals surface area (Å²) in [7, 11) is 0. The Balaban J connectivity index is 2.53. The Morgan fingerprint density at radius 1 is 1.38 bits per heavy atom. The Kier molecular flexibility index (Phi) is 3.94. The maximum Gasteiger partial charge on any atom is 0.0388 e. The molecule has 13 heavy (non-hydrogen) atoms. The van der Waals surface area contributed by atoms with E-state index < -0.39 is 0 Å². The van der Waals surface area contributed by atoms with E-state index >= 15 is 0 Å². The van der Waals surface area contributed by atoms with Crippen molar-refractivity contribution in [2.24, 2.45) is 0 Å². The van der Waals surface area contributed by atoms with Crippen LogP contribution >= 0.6 is 11.3 Å². The quantitative estimate of drug-likeness (QED) is 0.779. The summed E-state index contributed by atoms with van der Waals surface area (Å²) in [5, 5.41) is 3.57. The van der Waals surface area contributed by atoms with Gasteiger partial charge in [-0.3, -0.25) is 0 Å². The molecular weight excluding hydrogens is 178 g/mol. The van der Waals surface area contributed by atoms with Crippen LogP contribution in [0.4, 0.5) is 0 Å². The van der Waals surface area contributed by atoms with Gasteiger partial charge >= 0.3 is 0 Å². The molecule has 0 aliphatic heterocycles. The summed E-state index contributed by atoms with van der Waals surface area (Å²) in [6.45, 7) is 8.84. The van der Waals surface area contributed by atoms with E-state index in [2.05, 4.69) is 45.1 Å². The summed E-state index contributed by atoms with van der Waals surface area (Å²) in [4.78, 5) is 2.84. The van der Waals surface area contributed by atoms with Gasteiger partial charge in [-0.15, -0.1) is 11.3 Å². The van der Waals surface area contributed by atoms with Gasteiger partial charge in [0.1, 0.15) is 0 Å². The molecule has 0 aliphatic rings. The van der Waals surface area contributed by atoms with Crippen molar-refractivity contribution in [3.8, 4) is 0 Å². The third-order valence-electron chi connectivity index (χ3n) is 2.33. The van der Waals surface area contributed by atoms with Gasteiger partial charge in [0.05, 0.1) is 0 Å². The maximum atomic E-state index is 3.57. The fourth-order valence-corrected chi connectivity index (χ4v) is 2.20. The SMILES string of the molecule is CC[C@@H](C)N[C@H](C)c1ccc(C)s1. The molecule has 1 rings (SSSR count). The van der Waals surface area contributed by atoms with Crippen LogP contribution in [0.3, 0.4) is 0 Å². The summed E-state index contributed by atoms with van der Waals surface area (Å²) in [5.74, 6) is 0. The van der Waals surface area contributed by atoms with Crippen LogP contribution in [0.25, 0.3) is 0 Å². The number of aryl methyl sites for hydroxylation is 1. The van der Waals surface area contributed by atoms with Crippen LogP contribution in [-0.4, -0.2) is 6.04 Å². The summed E-state index contributed by atoms with van der Waals surface area (Å²) < 4.78 is 0. The molecule has 0 aliphatic carbocycles. The minimum Gasteiger partial charge on any atom is -0.307 e. The normalized spacial score (nSPS) is 15.7. The first kappa shape index (κ1) is 10.7. The van der Waals surface area contributed by atoms with Gasteiger partial charge in [0.25, 0.3) is 0 Å². The second-order valence-electron chi connectivity index (χ2n) is 3.65. The van der Waals surface area contributed by atoms with Crippen LogP contribution in [0, 0.1) is 6.92 Å². The van der Waals surface area contributed by atoms with Crippen molar-refractivity contribution in [2.75, 3.05) is 0 Å². The molecule has 0 bridgehead atoms. The second-order valence-corrected chi connectivity index (χ2v) is 4.97. The highest BCUT2D eigenvalue weighted by Crippen LogP contribution is 2.22. The van der Waals surface area contributed by atoms with Crippen LogP contribution in [0.2, 0.25) is 0 Å². The van der Waals surface area contributed by atoms with E-state index in [0.717, 1.165) is 0 Å². The first-order chi connectivity index (χ1) is 6.13. The zero-order valence-electron chi connectivity index (χ0n) is 8.92. The third kappa shape index (κ3) is 3.12. The fraction of sp³-hybridized carbons (Fsp3) is 0.636. The molecule has 2 atom stereocenters. The Bertz CT molecular complexity index is 254. The topological polar surface area (TPSA) is 12.0 Å². The first-order valence-corrected chi connectivity index (χ1v) is 5.77. The number of rotatable bonds is 4. The number of hydrogen-bond acceptors (Lipinski definition) is 2. The summed E-state index contributed by atoms with van der Waals surface area (Å²) >= 11 is 1.89. The molecule has 1 N–H and O–H groups in total. The van der Waals surface area contributed by atoms with E-state index in [0.29, 0.717) is 12.1 Å². The highest BCUT2D eigenvalue weighted by Gasteiger charge is 2.09. The Labute approximate surface area is 85.2 Å². The van der Waals surface area contributed by atoms with Crippen molar-refractivity contribution in [1.82, 2.24) is 5.32 Å². The van der Waals surface area contributed by atoms with Crippen LogP contribution < -0.4 is 5.32 Å². The maximum absolute atomic E-state index is 3.57. The van der Waals surface area contributed by atoms with Crippen molar-refractivity contribution in [3.05, 3.63) is 21.9 Å². The predicted octanol–water partition coefficient (Wildman–Crippen LogP) is 3.51. The van der Waals surface area contributed by atoms with Crippen molar-refractivity contribution in [1.29, 1.82) is 0 Å². The molecule has 0 amide bonds. The molecule has 0 unspecified atom stereocenters. The molecule has 0 saturated carbocycles. The zero-order chi connectivity index (χ0) is 9.84. The Morgan fingerprint density at radius 2 is 2.08 bits per heavy atom. The van der Waals surface area contributed by atoms with E-state index in [-0.39, 0.29) is 0 Å². The van der Waals surface area contributed by atoms with E-state index in [4.69, 9.17) is 0 Å². The first-order valence-electron chi connectivity index (χ1n) is 4.96. The van der Waals surface area contributed by atoms with Crippen molar-refractivity contribution < 1.29 is 0 Å². The molecule has 1 aromatic rings. The number of hydrogen-bond donors (Lipinski definition) is 1. The average Bonchev–Trinajstić information content (AvgIpc) is 2.51. The summed E-state index contributed by atoms with van der Waals surface area (Å²) in [5.41, 5.74) is 0. The molecule has 0 radical (unpaired) electrons. The molecule has 0 fully saturated rings. The molecule has 0 saturated heterocycles. The average molecular weight is 197 g/mol. The van der Waals surface area contributed by atoms with Gasteiger partial charge in [-0.05, 0) is 39.3 Å². The Morgan fingerprint density at radius 3 is 2.54 bits per heavy atom. The third-order valence-corrected chi connectivity index (χ3v) is 3.52. The van der Waals surface area contributed by atoms with E-state index in [1.54, 1.807) is 0 Å². The van der Waals surface area contributed by atoms with Gasteiger partial charge in [-0.2, -0.15) is 0 Å². The Hall–Kier alpha value is -0.340. The lowest BCUT2D eigenvalue weighted by Gasteiger charge is -2.17. The lowest BCUT2D eigenvalue weighted by molar-refractivity contribution is 0.474. The second kappa shape index (κ2) is 4.77. The molecule has 1 aromatic heterocycles. The monoisotopic (exact) mass is 197 g/mol. The molecule has 2 heteroatoms. The van der Waals surface area contributed by atoms with Gasteiger partial charge in [0, 0.05) is 21.8 Å². The largest absolute Gasteiger partial charge is 0.307 e. The van der Waals surface area contributed by atoms with Gasteiger partial charge in [0.2, 0.25) is 0 Å². The highest BCUT2D eigenvalue weighted by atomic mass is 32.1. The van der Waals surface area contributed by atoms with Crippen molar-refractivity contribution >= 4 is 11.3 Å². The molecule has 0 spiro atoms. The minimum atomic E-state index is 0.494. The van der Waals surface area contributed by atoms with Gasteiger partial charge in [-0.1, -0.05) is 6.92 Å². The molecule has 0 aromatic carbocycles. The standard InChI is InChI=1S/C11H19NS/c1-5-8(2)12-10(4)11-7-6-9(3)13-11/h6-8,10,12H,5H2,1-4H3/t8-,10-/m1/s1. The van der Waals surface area contributed by atoms with E-state index in [1.165, 1.54) is 16.2 Å². The van der Waals surface area contributed by atoms with Gasteiger partial charge in [0.15, 0.2) is 0 Å². The van der Waals surface area contributed by atoms with Gasteiger partial charge < -0.3 is 5.32 Å². The summed E-state index contributed by atoms with van der Waals surface area (Å²) in [6.07, 6.45) is 1.19. The molecule has 1 heterocycles. The van der Waals surface area contributed by atoms with E-state index in [9.17, 15) is 0 Å². The van der Waals surface area contributed by atoms with Gasteiger partial charge in [-0.25, -0.2) is 0 Å². The van der Waals surface area contributed by atoms with Crippen LogP contribution in [-0.2, 0) is 0 Å². The van der Waals surface area contributed by atoms with Crippen molar-refractivity contribution in [2.45, 2.75) is 46.2 Å². The zero-order valence-corrected chi connectivity index (χ0v) is 9.74. The molecular formula is C11H19NS. The highest BCUT2D eigenvalue weighted by molar-refractivity contribution is 7.12. The van der Waals surface area contributed by atoms with Crippen molar-refractivity contribution in [3.63, 3.8) is 0 Å². The molecule has 74 valence electrons. The lowest BCUT2D eigenvalue weighted by Crippen LogP contribution is -2.27. The fourth-order valence-electron chi connectivity index (χ4n) is 1.31. The predicted molar refractivity (Wildman–Crippen MR) is 60.4 cm³/mol. The smallest absolute Gasteiger partial charge is 0.0388 e. The van der Waals surface area contributed by atoms with E-state index in [1.807, 2.05) is 11.3 Å². The number of thiophene rings is 1. The van der Waals surface area contributed by atoms with Crippen LogP contribution in [0.1, 0.15) is 43.0 Å². The minimum absolute atomic E-state index is 0.494. The van der Waals surface area contributed by atoms with Crippen LogP contribution in [0.5, 0.6) is 0 Å².